The Morgan fingerprint density at radius 1 is 1.00 bits per heavy atom. The summed E-state index contributed by atoms with van der Waals surface area (Å²) < 4.78 is 47.7. The Morgan fingerprint density at radius 3 is 2.20 bits per heavy atom. The highest BCUT2D eigenvalue weighted by molar-refractivity contribution is 5.94. The van der Waals surface area contributed by atoms with E-state index in [1.807, 2.05) is 25.1 Å². The molecule has 40 heavy (non-hydrogen) atoms. The smallest absolute Gasteiger partial charge is 0.484 e. The predicted molar refractivity (Wildman–Crippen MR) is 144 cm³/mol. The molecular weight excluding hydrogens is 525 g/mol. The van der Waals surface area contributed by atoms with Crippen molar-refractivity contribution < 1.29 is 37.3 Å². The van der Waals surface area contributed by atoms with Crippen molar-refractivity contribution in [2.75, 3.05) is 6.54 Å². The van der Waals surface area contributed by atoms with Gasteiger partial charge in [-0.15, -0.1) is 13.2 Å². The fraction of sp³-hybridized carbons (Fsp3) is 0.367. The molecule has 1 unspecified atom stereocenters. The second-order valence-corrected chi connectivity index (χ2v) is 10.6. The lowest BCUT2D eigenvalue weighted by Gasteiger charge is -2.25. The summed E-state index contributed by atoms with van der Waals surface area (Å²) >= 11 is 0. The minimum atomic E-state index is -4.76. The maximum absolute atomic E-state index is 12.5. The molecule has 214 valence electrons. The van der Waals surface area contributed by atoms with Gasteiger partial charge in [0.15, 0.2) is 0 Å². The Hall–Kier alpha value is -4.08. The lowest BCUT2D eigenvalue weighted by molar-refractivity contribution is -0.274. The number of carboxylic acids is 1. The fourth-order valence-electron chi connectivity index (χ4n) is 3.99. The van der Waals surface area contributed by atoms with Gasteiger partial charge in [0, 0.05) is 17.7 Å². The molecule has 0 aliphatic rings. The van der Waals surface area contributed by atoms with E-state index in [0.29, 0.717) is 29.0 Å². The van der Waals surface area contributed by atoms with Crippen LogP contribution in [0.4, 0.5) is 13.2 Å². The van der Waals surface area contributed by atoms with Crippen LogP contribution in [0.1, 0.15) is 67.6 Å². The van der Waals surface area contributed by atoms with Gasteiger partial charge >= 0.3 is 12.3 Å². The third-order valence-corrected chi connectivity index (χ3v) is 6.02. The number of carbonyl (C=O) groups is 2. The van der Waals surface area contributed by atoms with Gasteiger partial charge in [0.05, 0.1) is 18.3 Å². The average Bonchev–Trinajstić information content (AvgIpc) is 2.85. The monoisotopic (exact) mass is 558 g/mol. The van der Waals surface area contributed by atoms with Crippen LogP contribution in [-0.4, -0.2) is 34.9 Å². The lowest BCUT2D eigenvalue weighted by atomic mass is 9.88. The van der Waals surface area contributed by atoms with E-state index in [9.17, 15) is 22.8 Å². The predicted octanol–water partition coefficient (Wildman–Crippen LogP) is 7.11. The molecule has 3 aromatic rings. The Balaban J connectivity index is 1.76. The van der Waals surface area contributed by atoms with E-state index in [1.54, 1.807) is 18.3 Å². The molecule has 0 radical (unpaired) electrons. The maximum atomic E-state index is 12.5. The number of carbonyl (C=O) groups excluding carboxylic acids is 1. The molecule has 0 aliphatic carbocycles. The van der Waals surface area contributed by atoms with Crippen LogP contribution in [0.25, 0.3) is 11.3 Å². The number of aromatic nitrogens is 1. The van der Waals surface area contributed by atoms with Crippen LogP contribution in [0.2, 0.25) is 0 Å². The van der Waals surface area contributed by atoms with Crippen molar-refractivity contribution in [3.63, 3.8) is 0 Å². The number of nitrogens with zero attached hydrogens (tertiary/aromatic N) is 1. The second kappa shape index (κ2) is 12.8. The standard InChI is InChI=1S/C30H33F3N2O5/c1-19-17-24(18-35-27(19)21-9-11-23(12-10-21)40-30(31,32)33)39-25(13-15-29(2,3)4)20-5-7-22(8-6-20)28(38)34-16-14-26(36)37/h5-12,17-18,25H,13-16H2,1-4H3,(H,34,38)(H,36,37). The average molecular weight is 559 g/mol. The van der Waals surface area contributed by atoms with Crippen molar-refractivity contribution in [3.8, 4) is 22.8 Å². The molecule has 1 heterocycles. The van der Waals surface area contributed by atoms with E-state index >= 15 is 0 Å². The van der Waals surface area contributed by atoms with Crippen LogP contribution in [0, 0.1) is 12.3 Å². The Labute approximate surface area is 231 Å². The number of amides is 1. The topological polar surface area (TPSA) is 97.8 Å². The first-order valence-corrected chi connectivity index (χ1v) is 12.8. The summed E-state index contributed by atoms with van der Waals surface area (Å²) in [4.78, 5) is 27.5. The number of carboxylic acid groups (broad SMARTS) is 1. The van der Waals surface area contributed by atoms with Gasteiger partial charge in [-0.3, -0.25) is 14.6 Å². The maximum Gasteiger partial charge on any atom is 0.573 e. The van der Waals surface area contributed by atoms with Gasteiger partial charge in [-0.25, -0.2) is 0 Å². The number of aryl methyl sites for hydroxylation is 1. The number of halogens is 3. The van der Waals surface area contributed by atoms with Crippen LogP contribution in [0.5, 0.6) is 11.5 Å². The van der Waals surface area contributed by atoms with Gasteiger partial charge in [0.1, 0.15) is 17.6 Å². The lowest BCUT2D eigenvalue weighted by Crippen LogP contribution is -2.26. The highest BCUT2D eigenvalue weighted by atomic mass is 19.4. The third-order valence-electron chi connectivity index (χ3n) is 6.02. The molecule has 7 nitrogen and oxygen atoms in total. The molecule has 3 rings (SSSR count). The van der Waals surface area contributed by atoms with Gasteiger partial charge in [-0.2, -0.15) is 0 Å². The summed E-state index contributed by atoms with van der Waals surface area (Å²) in [5, 5.41) is 11.3. The number of rotatable bonds is 11. The number of benzene rings is 2. The highest BCUT2D eigenvalue weighted by Gasteiger charge is 2.31. The molecule has 2 N–H and O–H groups in total. The van der Waals surface area contributed by atoms with E-state index < -0.39 is 12.3 Å². The number of pyridine rings is 1. The molecule has 0 spiro atoms. The first kappa shape index (κ1) is 30.5. The minimum Gasteiger partial charge on any atom is -0.484 e. The zero-order valence-corrected chi connectivity index (χ0v) is 22.8. The van der Waals surface area contributed by atoms with Gasteiger partial charge in [0.2, 0.25) is 0 Å². The summed E-state index contributed by atoms with van der Waals surface area (Å²) in [5.74, 6) is -1.11. The van der Waals surface area contributed by atoms with Crippen molar-refractivity contribution in [1.82, 2.24) is 10.3 Å². The molecule has 0 bridgehead atoms. The third kappa shape index (κ3) is 9.59. The number of nitrogens with one attached hydrogen (secondary N) is 1. The summed E-state index contributed by atoms with van der Waals surface area (Å²) in [7, 11) is 0. The number of aliphatic carboxylic acids is 1. The van der Waals surface area contributed by atoms with Gasteiger partial charge in [-0.05, 0) is 78.8 Å². The fourth-order valence-corrected chi connectivity index (χ4v) is 3.99. The molecule has 0 saturated heterocycles. The van der Waals surface area contributed by atoms with E-state index in [1.165, 1.54) is 24.3 Å². The van der Waals surface area contributed by atoms with Crippen LogP contribution < -0.4 is 14.8 Å². The van der Waals surface area contributed by atoms with Crippen molar-refractivity contribution in [2.45, 2.75) is 59.4 Å². The zero-order chi connectivity index (χ0) is 29.5. The molecule has 2 aromatic carbocycles. The van der Waals surface area contributed by atoms with Crippen molar-refractivity contribution in [3.05, 3.63) is 77.5 Å². The summed E-state index contributed by atoms with van der Waals surface area (Å²) in [6, 6.07) is 14.3. The SMILES string of the molecule is Cc1cc(OC(CCC(C)(C)C)c2ccc(C(=O)NCCC(=O)O)cc2)cnc1-c1ccc(OC(F)(F)F)cc1. The quantitative estimate of drug-likeness (QED) is 0.260. The number of hydrogen-bond acceptors (Lipinski definition) is 5. The van der Waals surface area contributed by atoms with E-state index in [2.05, 4.69) is 35.8 Å². The molecule has 1 amide bonds. The molecular formula is C30H33F3N2O5. The van der Waals surface area contributed by atoms with Gasteiger partial charge in [0.25, 0.3) is 5.91 Å². The largest absolute Gasteiger partial charge is 0.573 e. The van der Waals surface area contributed by atoms with Crippen LogP contribution in [0.3, 0.4) is 0 Å². The Kier molecular flexibility index (Phi) is 9.78. The molecule has 0 saturated carbocycles. The van der Waals surface area contributed by atoms with E-state index in [4.69, 9.17) is 9.84 Å². The number of ether oxygens (including phenoxy) is 2. The molecule has 10 heteroatoms. The molecule has 0 fully saturated rings. The normalized spacial score (nSPS) is 12.5. The first-order chi connectivity index (χ1) is 18.7. The van der Waals surface area contributed by atoms with Crippen molar-refractivity contribution in [2.24, 2.45) is 5.41 Å². The number of alkyl halides is 3. The van der Waals surface area contributed by atoms with Crippen LogP contribution >= 0.6 is 0 Å². The van der Waals surface area contributed by atoms with Crippen molar-refractivity contribution >= 4 is 11.9 Å². The highest BCUT2D eigenvalue weighted by Crippen LogP contribution is 2.33. The van der Waals surface area contributed by atoms with E-state index in [0.717, 1.165) is 17.5 Å². The molecule has 0 aliphatic heterocycles. The minimum absolute atomic E-state index is 0.0427. The Bertz CT molecular complexity index is 1300. The molecule has 1 aromatic heterocycles. The Morgan fingerprint density at radius 2 is 1.65 bits per heavy atom. The zero-order valence-electron chi connectivity index (χ0n) is 22.8. The first-order valence-electron chi connectivity index (χ1n) is 12.8. The second-order valence-electron chi connectivity index (χ2n) is 10.6. The van der Waals surface area contributed by atoms with Gasteiger partial charge < -0.3 is 19.9 Å². The number of hydrogen-bond donors (Lipinski definition) is 2. The van der Waals surface area contributed by atoms with Crippen molar-refractivity contribution in [1.29, 1.82) is 0 Å². The summed E-state index contributed by atoms with van der Waals surface area (Å²) in [6.07, 6.45) is -2.09. The van der Waals surface area contributed by atoms with Crippen LogP contribution in [0.15, 0.2) is 60.8 Å². The van der Waals surface area contributed by atoms with Gasteiger partial charge in [-0.1, -0.05) is 32.9 Å². The van der Waals surface area contributed by atoms with Crippen LogP contribution in [-0.2, 0) is 4.79 Å². The molecule has 1 atom stereocenters. The summed E-state index contributed by atoms with van der Waals surface area (Å²) in [6.45, 7) is 8.30. The summed E-state index contributed by atoms with van der Waals surface area (Å²) in [5.41, 5.74) is 3.37. The van der Waals surface area contributed by atoms with E-state index in [-0.39, 0.29) is 36.1 Å².